The Kier molecular flexibility index (Phi) is 3.41. The first-order chi connectivity index (χ1) is 9.34. The van der Waals surface area contributed by atoms with Gasteiger partial charge in [0.05, 0.1) is 5.52 Å². The van der Waals surface area contributed by atoms with E-state index in [1.165, 1.54) is 24.0 Å². The SMILES string of the molecule is Cc1c(Br)ccc2nn(CC3CN(C(C)(C)C)C3)cc12. The van der Waals surface area contributed by atoms with E-state index in [0.717, 1.165) is 22.5 Å². The maximum atomic E-state index is 4.70. The first-order valence-corrected chi connectivity index (χ1v) is 8.01. The topological polar surface area (TPSA) is 21.1 Å². The minimum atomic E-state index is 0.298. The zero-order valence-corrected chi connectivity index (χ0v) is 14.2. The molecule has 0 aliphatic carbocycles. The molecule has 0 radical (unpaired) electrons. The summed E-state index contributed by atoms with van der Waals surface area (Å²) < 4.78 is 3.28. The molecule has 1 aromatic heterocycles. The van der Waals surface area contributed by atoms with Crippen molar-refractivity contribution in [3.05, 3.63) is 28.4 Å². The standard InChI is InChI=1S/C16H22BrN3/c1-11-13-10-20(18-15(13)6-5-14(11)17)9-12-7-19(8-12)16(2,3)4/h5-6,10,12H,7-9H2,1-4H3. The Balaban J connectivity index is 1.72. The molecule has 1 saturated heterocycles. The molecule has 1 aliphatic heterocycles. The van der Waals surface area contributed by atoms with Crippen LogP contribution in [0.15, 0.2) is 22.8 Å². The van der Waals surface area contributed by atoms with Gasteiger partial charge < -0.3 is 0 Å². The molecule has 0 saturated carbocycles. The highest BCUT2D eigenvalue weighted by atomic mass is 79.9. The molecule has 1 fully saturated rings. The van der Waals surface area contributed by atoms with Gasteiger partial charge in [-0.05, 0) is 45.4 Å². The van der Waals surface area contributed by atoms with Crippen LogP contribution in [0.1, 0.15) is 26.3 Å². The Bertz CT molecular complexity index is 633. The third-order valence-corrected chi connectivity index (χ3v) is 5.15. The predicted molar refractivity (Wildman–Crippen MR) is 87.0 cm³/mol. The van der Waals surface area contributed by atoms with E-state index in [9.17, 15) is 0 Å². The average molecular weight is 336 g/mol. The number of halogens is 1. The first kappa shape index (κ1) is 14.1. The normalized spacial score (nSPS) is 17.6. The Morgan fingerprint density at radius 3 is 2.65 bits per heavy atom. The molecule has 1 aromatic carbocycles. The van der Waals surface area contributed by atoms with E-state index in [1.807, 2.05) is 0 Å². The smallest absolute Gasteiger partial charge is 0.0926 e. The number of aryl methyl sites for hydroxylation is 1. The van der Waals surface area contributed by atoms with Crippen LogP contribution >= 0.6 is 15.9 Å². The molecule has 0 unspecified atom stereocenters. The summed E-state index contributed by atoms with van der Waals surface area (Å²) in [4.78, 5) is 2.53. The molecular weight excluding hydrogens is 314 g/mol. The molecule has 3 nitrogen and oxygen atoms in total. The fourth-order valence-electron chi connectivity index (χ4n) is 2.85. The Morgan fingerprint density at radius 1 is 1.30 bits per heavy atom. The minimum Gasteiger partial charge on any atom is -0.298 e. The van der Waals surface area contributed by atoms with E-state index in [1.54, 1.807) is 0 Å². The highest BCUT2D eigenvalue weighted by Gasteiger charge is 2.34. The molecule has 0 amide bonds. The molecule has 108 valence electrons. The average Bonchev–Trinajstić information content (AvgIpc) is 2.70. The quantitative estimate of drug-likeness (QED) is 0.831. The number of hydrogen-bond acceptors (Lipinski definition) is 2. The summed E-state index contributed by atoms with van der Waals surface area (Å²) in [6, 6.07) is 4.17. The van der Waals surface area contributed by atoms with Crippen LogP contribution in [0.3, 0.4) is 0 Å². The van der Waals surface area contributed by atoms with Crippen molar-refractivity contribution in [1.82, 2.24) is 14.7 Å². The molecular formula is C16H22BrN3. The first-order valence-electron chi connectivity index (χ1n) is 7.22. The number of nitrogens with zero attached hydrogens (tertiary/aromatic N) is 3. The highest BCUT2D eigenvalue weighted by molar-refractivity contribution is 9.10. The maximum absolute atomic E-state index is 4.70. The molecule has 0 N–H and O–H groups in total. The van der Waals surface area contributed by atoms with Gasteiger partial charge in [-0.1, -0.05) is 15.9 Å². The molecule has 2 aromatic rings. The van der Waals surface area contributed by atoms with Crippen molar-refractivity contribution >= 4 is 26.8 Å². The summed E-state index contributed by atoms with van der Waals surface area (Å²) in [5.74, 6) is 0.729. The van der Waals surface area contributed by atoms with Crippen LogP contribution in [-0.4, -0.2) is 33.3 Å². The van der Waals surface area contributed by atoms with E-state index in [2.05, 4.69) is 71.5 Å². The largest absolute Gasteiger partial charge is 0.298 e. The van der Waals surface area contributed by atoms with E-state index < -0.39 is 0 Å². The van der Waals surface area contributed by atoms with Gasteiger partial charge in [-0.2, -0.15) is 5.10 Å². The van der Waals surface area contributed by atoms with Gasteiger partial charge >= 0.3 is 0 Å². The third kappa shape index (κ3) is 2.51. The molecule has 3 rings (SSSR count). The van der Waals surface area contributed by atoms with Crippen molar-refractivity contribution in [2.24, 2.45) is 5.92 Å². The lowest BCUT2D eigenvalue weighted by atomic mass is 9.92. The van der Waals surface area contributed by atoms with Crippen LogP contribution in [0.25, 0.3) is 10.9 Å². The van der Waals surface area contributed by atoms with Crippen LogP contribution in [0.4, 0.5) is 0 Å². The summed E-state index contributed by atoms with van der Waals surface area (Å²) in [6.07, 6.45) is 2.19. The number of rotatable bonds is 2. The van der Waals surface area contributed by atoms with Crippen molar-refractivity contribution in [1.29, 1.82) is 0 Å². The highest BCUT2D eigenvalue weighted by Crippen LogP contribution is 2.28. The van der Waals surface area contributed by atoms with E-state index >= 15 is 0 Å². The van der Waals surface area contributed by atoms with E-state index in [-0.39, 0.29) is 0 Å². The van der Waals surface area contributed by atoms with Crippen molar-refractivity contribution in [2.75, 3.05) is 13.1 Å². The second-order valence-electron chi connectivity index (χ2n) is 6.90. The van der Waals surface area contributed by atoms with Crippen LogP contribution in [0.2, 0.25) is 0 Å². The van der Waals surface area contributed by atoms with Gasteiger partial charge in [0.1, 0.15) is 0 Å². The van der Waals surface area contributed by atoms with Crippen molar-refractivity contribution in [3.63, 3.8) is 0 Å². The summed E-state index contributed by atoms with van der Waals surface area (Å²) in [5.41, 5.74) is 2.67. The second-order valence-corrected chi connectivity index (χ2v) is 7.75. The molecule has 0 atom stereocenters. The number of likely N-dealkylation sites (tertiary alicyclic amines) is 1. The van der Waals surface area contributed by atoms with E-state index in [4.69, 9.17) is 5.10 Å². The zero-order valence-electron chi connectivity index (χ0n) is 12.7. The lowest BCUT2D eigenvalue weighted by molar-refractivity contribution is 0.00547. The van der Waals surface area contributed by atoms with Crippen LogP contribution in [-0.2, 0) is 6.54 Å². The predicted octanol–water partition coefficient (Wildman–Crippen LogP) is 3.84. The lowest BCUT2D eigenvalue weighted by Crippen LogP contribution is -2.56. The number of fused-ring (bicyclic) bond motifs is 1. The summed E-state index contributed by atoms with van der Waals surface area (Å²) >= 11 is 3.59. The van der Waals surface area contributed by atoms with Gasteiger partial charge in [0, 0.05) is 47.1 Å². The number of hydrogen-bond donors (Lipinski definition) is 0. The van der Waals surface area contributed by atoms with Crippen LogP contribution in [0, 0.1) is 12.8 Å². The van der Waals surface area contributed by atoms with Crippen LogP contribution in [0.5, 0.6) is 0 Å². The second kappa shape index (κ2) is 4.85. The summed E-state index contributed by atoms with van der Waals surface area (Å²) in [5, 5.41) is 5.96. The summed E-state index contributed by atoms with van der Waals surface area (Å²) in [6.45, 7) is 12.4. The van der Waals surface area contributed by atoms with E-state index in [0.29, 0.717) is 5.54 Å². The van der Waals surface area contributed by atoms with Crippen LogP contribution < -0.4 is 0 Å². The number of benzene rings is 1. The number of aromatic nitrogens is 2. The van der Waals surface area contributed by atoms with Gasteiger partial charge in [-0.15, -0.1) is 0 Å². The molecule has 20 heavy (non-hydrogen) atoms. The van der Waals surface area contributed by atoms with Gasteiger partial charge in [-0.25, -0.2) is 0 Å². The lowest BCUT2D eigenvalue weighted by Gasteiger charge is -2.47. The third-order valence-electron chi connectivity index (χ3n) is 4.29. The minimum absolute atomic E-state index is 0.298. The van der Waals surface area contributed by atoms with Gasteiger partial charge in [0.15, 0.2) is 0 Å². The van der Waals surface area contributed by atoms with Gasteiger partial charge in [0.25, 0.3) is 0 Å². The Labute approximate surface area is 129 Å². The Hall–Kier alpha value is -0.870. The summed E-state index contributed by atoms with van der Waals surface area (Å²) in [7, 11) is 0. The Morgan fingerprint density at radius 2 is 2.00 bits per heavy atom. The fourth-order valence-corrected chi connectivity index (χ4v) is 3.19. The van der Waals surface area contributed by atoms with Crippen molar-refractivity contribution in [2.45, 2.75) is 39.8 Å². The molecule has 0 spiro atoms. The molecule has 4 heteroatoms. The molecule has 1 aliphatic rings. The zero-order chi connectivity index (χ0) is 14.5. The monoisotopic (exact) mass is 335 g/mol. The van der Waals surface area contributed by atoms with Crippen molar-refractivity contribution in [3.8, 4) is 0 Å². The van der Waals surface area contributed by atoms with Gasteiger partial charge in [-0.3, -0.25) is 9.58 Å². The maximum Gasteiger partial charge on any atom is 0.0926 e. The van der Waals surface area contributed by atoms with Crippen molar-refractivity contribution < 1.29 is 0 Å². The van der Waals surface area contributed by atoms with Gasteiger partial charge in [0.2, 0.25) is 0 Å². The fraction of sp³-hybridized carbons (Fsp3) is 0.562. The molecule has 0 bridgehead atoms. The molecule has 2 heterocycles.